The Bertz CT molecular complexity index is 633. The lowest BCUT2D eigenvalue weighted by molar-refractivity contribution is -0.0986. The molecular weight excluding hydrogens is 280 g/mol. The van der Waals surface area contributed by atoms with Gasteiger partial charge in [-0.15, -0.1) is 0 Å². The molecule has 0 aromatic heterocycles. The summed E-state index contributed by atoms with van der Waals surface area (Å²) in [5, 5.41) is 0. The second-order valence-electron chi connectivity index (χ2n) is 8.98. The molecule has 0 radical (unpaired) electrons. The second-order valence-corrected chi connectivity index (χ2v) is 8.98. The van der Waals surface area contributed by atoms with Crippen molar-refractivity contribution in [3.8, 4) is 0 Å². The Morgan fingerprint density at radius 1 is 1.04 bits per heavy atom. The average Bonchev–Trinajstić information content (AvgIpc) is 2.87. The molecule has 0 amide bonds. The molecule has 0 saturated heterocycles. The van der Waals surface area contributed by atoms with E-state index in [0.717, 1.165) is 18.4 Å². The molecule has 23 heavy (non-hydrogen) atoms. The molecule has 4 saturated carbocycles. The Hall–Kier alpha value is -1.31. The first-order chi connectivity index (χ1) is 11.1. The van der Waals surface area contributed by atoms with E-state index in [2.05, 4.69) is 49.2 Å². The van der Waals surface area contributed by atoms with E-state index >= 15 is 0 Å². The molecule has 4 fully saturated rings. The van der Waals surface area contributed by atoms with Gasteiger partial charge in [0, 0.05) is 7.05 Å². The van der Waals surface area contributed by atoms with Gasteiger partial charge in [0.05, 0.1) is 18.4 Å². The summed E-state index contributed by atoms with van der Waals surface area (Å²) in [7, 11) is 2.28. The summed E-state index contributed by atoms with van der Waals surface area (Å²) in [6.07, 6.45) is 8.67. The van der Waals surface area contributed by atoms with Crippen LogP contribution in [0.1, 0.15) is 51.0 Å². The molecule has 3 unspecified atom stereocenters. The number of aliphatic imine (C=N–C) groups is 1. The van der Waals surface area contributed by atoms with Crippen LogP contribution < -0.4 is 0 Å². The van der Waals surface area contributed by atoms with E-state index in [-0.39, 0.29) is 0 Å². The Labute approximate surface area is 140 Å². The Kier molecular flexibility index (Phi) is 2.82. The van der Waals surface area contributed by atoms with Gasteiger partial charge in [-0.05, 0) is 73.7 Å². The maximum Gasteiger partial charge on any atom is 0.0959 e. The molecule has 3 atom stereocenters. The molecule has 1 aliphatic heterocycles. The predicted molar refractivity (Wildman–Crippen MR) is 94.8 cm³/mol. The smallest absolute Gasteiger partial charge is 0.0959 e. The third-order valence-electron chi connectivity index (χ3n) is 7.67. The van der Waals surface area contributed by atoms with Gasteiger partial charge in [-0.1, -0.05) is 30.3 Å². The van der Waals surface area contributed by atoms with E-state index in [1.807, 2.05) is 0 Å². The summed E-state index contributed by atoms with van der Waals surface area (Å²) in [6.45, 7) is 3.22. The molecule has 0 spiro atoms. The van der Waals surface area contributed by atoms with Gasteiger partial charge in [0.25, 0.3) is 0 Å². The summed E-state index contributed by atoms with van der Waals surface area (Å²) < 4.78 is 0. The van der Waals surface area contributed by atoms with Crippen LogP contribution in [0.3, 0.4) is 0 Å². The molecule has 2 heteroatoms. The van der Waals surface area contributed by atoms with Crippen molar-refractivity contribution in [3.05, 3.63) is 35.9 Å². The van der Waals surface area contributed by atoms with Gasteiger partial charge < -0.3 is 4.90 Å². The summed E-state index contributed by atoms with van der Waals surface area (Å²) in [5.74, 6) is 3.15. The minimum absolute atomic E-state index is 0.461. The van der Waals surface area contributed by atoms with Crippen molar-refractivity contribution in [1.29, 1.82) is 0 Å². The lowest BCUT2D eigenvalue weighted by Gasteiger charge is -2.64. The monoisotopic (exact) mass is 308 g/mol. The molecule has 122 valence electrons. The Morgan fingerprint density at radius 3 is 2.35 bits per heavy atom. The molecule has 4 bridgehead atoms. The van der Waals surface area contributed by atoms with E-state index in [1.165, 1.54) is 44.4 Å². The van der Waals surface area contributed by atoms with E-state index in [9.17, 15) is 0 Å². The first-order valence-corrected chi connectivity index (χ1v) is 9.40. The topological polar surface area (TPSA) is 15.6 Å². The summed E-state index contributed by atoms with van der Waals surface area (Å²) in [6, 6.07) is 12.1. The van der Waals surface area contributed by atoms with Gasteiger partial charge in [0.2, 0.25) is 0 Å². The van der Waals surface area contributed by atoms with Crippen molar-refractivity contribution < 1.29 is 0 Å². The van der Waals surface area contributed by atoms with Crippen LogP contribution >= 0.6 is 0 Å². The average molecular weight is 308 g/mol. The number of likely N-dealkylation sites (N-methyl/N-ethyl adjacent to an activating group) is 1. The third kappa shape index (κ3) is 1.90. The zero-order valence-corrected chi connectivity index (χ0v) is 14.5. The summed E-state index contributed by atoms with van der Waals surface area (Å²) in [4.78, 5) is 7.30. The van der Waals surface area contributed by atoms with Gasteiger partial charge in [0.1, 0.15) is 0 Å². The van der Waals surface area contributed by atoms with Crippen LogP contribution in [0, 0.1) is 17.3 Å². The first-order valence-electron chi connectivity index (χ1n) is 9.40. The quantitative estimate of drug-likeness (QED) is 0.797. The van der Waals surface area contributed by atoms with Crippen LogP contribution in [0.15, 0.2) is 35.3 Å². The second kappa shape index (κ2) is 4.62. The van der Waals surface area contributed by atoms with Gasteiger partial charge in [-0.3, -0.25) is 4.99 Å². The minimum atomic E-state index is 0.461. The van der Waals surface area contributed by atoms with Crippen LogP contribution in [-0.2, 0) is 5.41 Å². The van der Waals surface area contributed by atoms with Crippen LogP contribution in [0.4, 0.5) is 0 Å². The SMILES string of the molecule is CC1=NCC(C23CC4CC(CC(c5ccccc5)(C4)C2)C3)N1C. The van der Waals surface area contributed by atoms with Crippen molar-refractivity contribution >= 4 is 5.84 Å². The normalized spacial score (nSPS) is 44.7. The van der Waals surface area contributed by atoms with Gasteiger partial charge in [-0.2, -0.15) is 0 Å². The fourth-order valence-corrected chi connectivity index (χ4v) is 7.14. The zero-order chi connectivity index (χ0) is 15.7. The van der Waals surface area contributed by atoms with E-state index in [1.54, 1.807) is 5.56 Å². The molecule has 5 aliphatic rings. The van der Waals surface area contributed by atoms with Crippen molar-refractivity contribution in [2.45, 2.75) is 56.9 Å². The number of rotatable bonds is 2. The van der Waals surface area contributed by atoms with Crippen molar-refractivity contribution in [2.24, 2.45) is 22.2 Å². The number of hydrogen-bond donors (Lipinski definition) is 0. The van der Waals surface area contributed by atoms with Gasteiger partial charge >= 0.3 is 0 Å². The van der Waals surface area contributed by atoms with Crippen LogP contribution in [-0.4, -0.2) is 30.4 Å². The molecule has 1 heterocycles. The fourth-order valence-electron chi connectivity index (χ4n) is 7.14. The van der Waals surface area contributed by atoms with Crippen LogP contribution in [0.25, 0.3) is 0 Å². The maximum absolute atomic E-state index is 4.79. The lowest BCUT2D eigenvalue weighted by Crippen LogP contribution is -2.60. The molecule has 2 nitrogen and oxygen atoms in total. The highest BCUT2D eigenvalue weighted by Gasteiger charge is 2.61. The number of nitrogens with zero attached hydrogens (tertiary/aromatic N) is 2. The summed E-state index contributed by atoms with van der Waals surface area (Å²) in [5.41, 5.74) is 2.59. The minimum Gasteiger partial charge on any atom is -0.358 e. The molecule has 1 aromatic carbocycles. The third-order valence-corrected chi connectivity index (χ3v) is 7.67. The summed E-state index contributed by atoms with van der Waals surface area (Å²) >= 11 is 0. The highest BCUT2D eigenvalue weighted by Crippen LogP contribution is 2.67. The molecule has 1 aromatic rings. The number of benzene rings is 1. The predicted octanol–water partition coefficient (Wildman–Crippen LogP) is 4.26. The number of hydrogen-bond acceptors (Lipinski definition) is 2. The van der Waals surface area contributed by atoms with Gasteiger partial charge in [0.15, 0.2) is 0 Å². The molecule has 6 rings (SSSR count). The Morgan fingerprint density at radius 2 is 1.74 bits per heavy atom. The van der Waals surface area contributed by atoms with Crippen molar-refractivity contribution in [3.63, 3.8) is 0 Å². The molecule has 4 aliphatic carbocycles. The zero-order valence-electron chi connectivity index (χ0n) is 14.5. The standard InChI is InChI=1S/C21H28N2/c1-15-22-13-19(23(15)2)21-11-16-8-17(12-21)10-20(9-16,14-21)18-6-4-3-5-7-18/h3-7,16-17,19H,8-14H2,1-2H3. The molecule has 0 N–H and O–H groups in total. The largest absolute Gasteiger partial charge is 0.358 e. The van der Waals surface area contributed by atoms with Crippen molar-refractivity contribution in [2.75, 3.05) is 13.6 Å². The van der Waals surface area contributed by atoms with E-state index < -0.39 is 0 Å². The van der Waals surface area contributed by atoms with E-state index in [4.69, 9.17) is 4.99 Å². The first kappa shape index (κ1) is 14.1. The van der Waals surface area contributed by atoms with Gasteiger partial charge in [-0.25, -0.2) is 0 Å². The lowest BCUT2D eigenvalue weighted by atomic mass is 9.41. The van der Waals surface area contributed by atoms with Crippen LogP contribution in [0.2, 0.25) is 0 Å². The van der Waals surface area contributed by atoms with Crippen molar-refractivity contribution in [1.82, 2.24) is 4.90 Å². The maximum atomic E-state index is 4.79. The highest BCUT2D eigenvalue weighted by atomic mass is 15.3. The highest BCUT2D eigenvalue weighted by molar-refractivity contribution is 5.81. The van der Waals surface area contributed by atoms with Crippen LogP contribution in [0.5, 0.6) is 0 Å². The molecular formula is C21H28N2. The van der Waals surface area contributed by atoms with E-state index in [0.29, 0.717) is 16.9 Å². The fraction of sp³-hybridized carbons (Fsp3) is 0.667. The number of amidine groups is 1. The Balaban J connectivity index is 1.55.